The molecule has 1 aliphatic rings. The van der Waals surface area contributed by atoms with Crippen LogP contribution < -0.4 is 5.32 Å². The molecule has 1 aromatic heterocycles. The van der Waals surface area contributed by atoms with Crippen LogP contribution in [0.1, 0.15) is 20.3 Å². The molecule has 0 saturated carbocycles. The lowest BCUT2D eigenvalue weighted by molar-refractivity contribution is -0.134. The molecule has 2 heterocycles. The van der Waals surface area contributed by atoms with Gasteiger partial charge >= 0.3 is 0 Å². The fourth-order valence-corrected chi connectivity index (χ4v) is 2.18. The summed E-state index contributed by atoms with van der Waals surface area (Å²) in [7, 11) is 0. The Morgan fingerprint density at radius 1 is 1.39 bits per heavy atom. The van der Waals surface area contributed by atoms with Crippen LogP contribution in [0.5, 0.6) is 0 Å². The van der Waals surface area contributed by atoms with Gasteiger partial charge in [0.1, 0.15) is 6.04 Å². The van der Waals surface area contributed by atoms with E-state index in [1.165, 1.54) is 0 Å². The zero-order valence-corrected chi connectivity index (χ0v) is 10.7. The summed E-state index contributed by atoms with van der Waals surface area (Å²) in [4.78, 5) is 25.4. The minimum atomic E-state index is -0.444. The second-order valence-corrected chi connectivity index (χ2v) is 4.64. The van der Waals surface area contributed by atoms with Gasteiger partial charge in [0.05, 0.1) is 6.54 Å². The molecule has 0 bridgehead atoms. The third-order valence-corrected chi connectivity index (χ3v) is 3.17. The van der Waals surface area contributed by atoms with Crippen molar-refractivity contribution in [3.63, 3.8) is 0 Å². The van der Waals surface area contributed by atoms with E-state index < -0.39 is 6.04 Å². The maximum absolute atomic E-state index is 12.1. The molecule has 18 heavy (non-hydrogen) atoms. The highest BCUT2D eigenvalue weighted by molar-refractivity contribution is 5.90. The third kappa shape index (κ3) is 2.69. The van der Waals surface area contributed by atoms with Gasteiger partial charge in [-0.05, 0) is 19.9 Å². The van der Waals surface area contributed by atoms with Crippen LogP contribution in [0.15, 0.2) is 18.5 Å². The molecule has 2 atom stereocenters. The largest absolute Gasteiger partial charge is 0.345 e. The number of rotatable bonds is 3. The summed E-state index contributed by atoms with van der Waals surface area (Å²) >= 11 is 0. The normalized spacial score (nSPS) is 24.9. The zero-order chi connectivity index (χ0) is 13.1. The Kier molecular flexibility index (Phi) is 3.64. The van der Waals surface area contributed by atoms with E-state index in [4.69, 9.17) is 0 Å². The van der Waals surface area contributed by atoms with Crippen molar-refractivity contribution < 1.29 is 9.59 Å². The topological polar surface area (TPSA) is 67.2 Å². The Labute approximate surface area is 106 Å². The molecule has 0 radical (unpaired) electrons. The van der Waals surface area contributed by atoms with Crippen LogP contribution in [-0.2, 0) is 16.1 Å². The van der Waals surface area contributed by atoms with Crippen LogP contribution in [0.25, 0.3) is 0 Å². The number of nitrogens with one attached hydrogen (secondary N) is 1. The average Bonchev–Trinajstić information content (AvgIpc) is 2.78. The first-order valence-corrected chi connectivity index (χ1v) is 6.15. The fraction of sp³-hybridized carbons (Fsp3) is 0.583. The first-order valence-electron chi connectivity index (χ1n) is 6.15. The molecule has 2 rings (SSSR count). The van der Waals surface area contributed by atoms with Crippen LogP contribution in [0.3, 0.4) is 0 Å². The Hall–Kier alpha value is -1.85. The Morgan fingerprint density at radius 3 is 2.83 bits per heavy atom. The van der Waals surface area contributed by atoms with Gasteiger partial charge in [0.15, 0.2) is 0 Å². The number of hydrogen-bond donors (Lipinski definition) is 1. The van der Waals surface area contributed by atoms with E-state index in [2.05, 4.69) is 10.4 Å². The smallest absolute Gasteiger partial charge is 0.245 e. The van der Waals surface area contributed by atoms with E-state index in [0.717, 1.165) is 0 Å². The molecule has 1 N–H and O–H groups in total. The number of aromatic nitrogens is 2. The second kappa shape index (κ2) is 5.20. The molecule has 0 aliphatic carbocycles. The zero-order valence-electron chi connectivity index (χ0n) is 10.7. The van der Waals surface area contributed by atoms with Crippen LogP contribution in [0.4, 0.5) is 0 Å². The van der Waals surface area contributed by atoms with Crippen LogP contribution >= 0.6 is 0 Å². The van der Waals surface area contributed by atoms with Crippen molar-refractivity contribution >= 4 is 11.8 Å². The molecule has 0 spiro atoms. The summed E-state index contributed by atoms with van der Waals surface area (Å²) in [6.45, 7) is 4.84. The highest BCUT2D eigenvalue weighted by Gasteiger charge is 2.30. The van der Waals surface area contributed by atoms with Gasteiger partial charge in [-0.1, -0.05) is 0 Å². The molecular formula is C12H18N4O2. The summed E-state index contributed by atoms with van der Waals surface area (Å²) in [6.07, 6.45) is 3.93. The van der Waals surface area contributed by atoms with Gasteiger partial charge in [-0.3, -0.25) is 14.3 Å². The first-order chi connectivity index (χ1) is 8.58. The summed E-state index contributed by atoms with van der Waals surface area (Å²) in [5.74, 6) is -0.0922. The van der Waals surface area contributed by atoms with Crippen molar-refractivity contribution in [2.24, 2.45) is 0 Å². The summed E-state index contributed by atoms with van der Waals surface area (Å²) in [5.41, 5.74) is 0. The van der Waals surface area contributed by atoms with Crippen molar-refractivity contribution in [1.29, 1.82) is 0 Å². The van der Waals surface area contributed by atoms with E-state index in [1.807, 2.05) is 19.2 Å². The second-order valence-electron chi connectivity index (χ2n) is 4.64. The summed E-state index contributed by atoms with van der Waals surface area (Å²) < 4.78 is 1.78. The quantitative estimate of drug-likeness (QED) is 0.821. The molecule has 6 nitrogen and oxygen atoms in total. The van der Waals surface area contributed by atoms with E-state index in [0.29, 0.717) is 19.5 Å². The van der Waals surface area contributed by atoms with Crippen molar-refractivity contribution in [3.8, 4) is 0 Å². The minimum Gasteiger partial charge on any atom is -0.345 e. The standard InChI is InChI=1S/C12H18N4O2/c1-9-8-11(17)14-10(2)12(18)16(9)7-6-15-5-3-4-13-15/h3-5,9-10H,6-8H2,1-2H3,(H,14,17). The molecule has 98 valence electrons. The number of carbonyl (C=O) groups excluding carboxylic acids is 2. The third-order valence-electron chi connectivity index (χ3n) is 3.17. The van der Waals surface area contributed by atoms with Gasteiger partial charge in [-0.25, -0.2) is 0 Å². The Morgan fingerprint density at radius 2 is 2.17 bits per heavy atom. The van der Waals surface area contributed by atoms with Gasteiger partial charge in [-0.2, -0.15) is 5.10 Å². The highest BCUT2D eigenvalue weighted by atomic mass is 16.2. The molecule has 1 saturated heterocycles. The Balaban J connectivity index is 2.03. The molecule has 2 amide bonds. The maximum Gasteiger partial charge on any atom is 0.245 e. The van der Waals surface area contributed by atoms with Gasteiger partial charge in [0.25, 0.3) is 0 Å². The van der Waals surface area contributed by atoms with Crippen molar-refractivity contribution in [2.45, 2.75) is 38.9 Å². The molecule has 1 aliphatic heterocycles. The van der Waals surface area contributed by atoms with Crippen LogP contribution in [-0.4, -0.2) is 45.1 Å². The van der Waals surface area contributed by atoms with E-state index in [-0.39, 0.29) is 17.9 Å². The minimum absolute atomic E-state index is 0.0273. The van der Waals surface area contributed by atoms with Gasteiger partial charge < -0.3 is 10.2 Å². The van der Waals surface area contributed by atoms with Crippen molar-refractivity contribution in [2.75, 3.05) is 6.54 Å². The van der Waals surface area contributed by atoms with Gasteiger partial charge in [-0.15, -0.1) is 0 Å². The van der Waals surface area contributed by atoms with Crippen molar-refractivity contribution in [3.05, 3.63) is 18.5 Å². The van der Waals surface area contributed by atoms with Crippen LogP contribution in [0.2, 0.25) is 0 Å². The molecule has 6 heteroatoms. The molecule has 0 aromatic carbocycles. The number of carbonyl (C=O) groups is 2. The Bertz CT molecular complexity index is 429. The first kappa shape index (κ1) is 12.6. The SMILES string of the molecule is CC1NC(=O)CC(C)N(CCn2cccn2)C1=O. The number of nitrogens with zero attached hydrogens (tertiary/aromatic N) is 3. The van der Waals surface area contributed by atoms with E-state index >= 15 is 0 Å². The summed E-state index contributed by atoms with van der Waals surface area (Å²) in [6, 6.07) is 1.33. The maximum atomic E-state index is 12.1. The number of hydrogen-bond acceptors (Lipinski definition) is 3. The monoisotopic (exact) mass is 250 g/mol. The molecular weight excluding hydrogens is 232 g/mol. The lowest BCUT2D eigenvalue weighted by atomic mass is 10.2. The predicted molar refractivity (Wildman–Crippen MR) is 65.6 cm³/mol. The molecule has 2 unspecified atom stereocenters. The van der Waals surface area contributed by atoms with Gasteiger partial charge in [0, 0.05) is 31.4 Å². The van der Waals surface area contributed by atoms with Crippen molar-refractivity contribution in [1.82, 2.24) is 20.0 Å². The number of amides is 2. The van der Waals surface area contributed by atoms with E-state index in [9.17, 15) is 9.59 Å². The highest BCUT2D eigenvalue weighted by Crippen LogP contribution is 2.11. The fourth-order valence-electron chi connectivity index (χ4n) is 2.18. The average molecular weight is 250 g/mol. The predicted octanol–water partition coefficient (Wildman–Crippen LogP) is 0.00860. The molecule has 1 fully saturated rings. The lowest BCUT2D eigenvalue weighted by Gasteiger charge is -2.27. The van der Waals surface area contributed by atoms with Crippen LogP contribution in [0, 0.1) is 0 Å². The van der Waals surface area contributed by atoms with Gasteiger partial charge in [0.2, 0.25) is 11.8 Å². The summed E-state index contributed by atoms with van der Waals surface area (Å²) in [5, 5.41) is 6.80. The lowest BCUT2D eigenvalue weighted by Crippen LogP contribution is -2.46. The van der Waals surface area contributed by atoms with E-state index in [1.54, 1.807) is 22.7 Å². The molecule has 1 aromatic rings.